The molecule has 3 heterocycles. The van der Waals surface area contributed by atoms with Crippen molar-refractivity contribution in [1.29, 1.82) is 0 Å². The Hall–Kier alpha value is -6.43. The van der Waals surface area contributed by atoms with Crippen LogP contribution in [-0.4, -0.2) is 15.0 Å². The van der Waals surface area contributed by atoms with Gasteiger partial charge in [-0.1, -0.05) is 140 Å². The maximum Gasteiger partial charge on any atom is 0.165 e. The average Bonchev–Trinajstić information content (AvgIpc) is 3.77. The molecule has 0 amide bonds. The first-order valence-corrected chi connectivity index (χ1v) is 17.4. The summed E-state index contributed by atoms with van der Waals surface area (Å²) in [5, 5.41) is 4.52. The van der Waals surface area contributed by atoms with E-state index < -0.39 is 0 Å². The molecule has 0 radical (unpaired) electrons. The molecule has 0 saturated carbocycles. The van der Waals surface area contributed by atoms with Gasteiger partial charge in [-0.05, 0) is 41.0 Å². The normalized spacial score (nSPS) is 11.6. The summed E-state index contributed by atoms with van der Waals surface area (Å²) in [5.74, 6) is 1.84. The van der Waals surface area contributed by atoms with E-state index in [4.69, 9.17) is 19.4 Å². The molecule has 0 saturated heterocycles. The highest BCUT2D eigenvalue weighted by Crippen LogP contribution is 2.46. The monoisotopic (exact) mass is 657 g/mol. The zero-order valence-electron chi connectivity index (χ0n) is 26.7. The van der Waals surface area contributed by atoms with Crippen LogP contribution in [0.3, 0.4) is 0 Å². The first-order chi connectivity index (χ1) is 24.8. The van der Waals surface area contributed by atoms with Crippen LogP contribution in [0.4, 0.5) is 0 Å². The minimum atomic E-state index is 0.603. The van der Waals surface area contributed by atoms with E-state index in [1.807, 2.05) is 59.9 Å². The molecule has 4 nitrogen and oxygen atoms in total. The summed E-state index contributed by atoms with van der Waals surface area (Å²) < 4.78 is 8.95. The third-order valence-electron chi connectivity index (χ3n) is 9.38. The Morgan fingerprint density at radius 1 is 0.380 bits per heavy atom. The van der Waals surface area contributed by atoms with E-state index in [1.165, 1.54) is 25.7 Å². The second kappa shape index (κ2) is 11.6. The zero-order valence-corrected chi connectivity index (χ0v) is 27.6. The lowest BCUT2D eigenvalue weighted by Gasteiger charge is -2.14. The van der Waals surface area contributed by atoms with Crippen LogP contribution in [0.25, 0.3) is 98.5 Å². The molecule has 0 unspecified atom stereocenters. The van der Waals surface area contributed by atoms with Crippen molar-refractivity contribution in [3.63, 3.8) is 0 Å². The second-order valence-corrected chi connectivity index (χ2v) is 13.4. The van der Waals surface area contributed by atoms with Crippen molar-refractivity contribution in [2.45, 2.75) is 0 Å². The van der Waals surface area contributed by atoms with Crippen LogP contribution in [0.5, 0.6) is 0 Å². The molecule has 10 rings (SSSR count). The number of para-hydroxylation sites is 1. The minimum absolute atomic E-state index is 0.603. The molecule has 0 fully saturated rings. The van der Waals surface area contributed by atoms with Gasteiger partial charge in [0.05, 0.1) is 0 Å². The third-order valence-corrected chi connectivity index (χ3v) is 10.6. The molecule has 10 aromatic rings. The van der Waals surface area contributed by atoms with Crippen LogP contribution in [0.15, 0.2) is 168 Å². The standard InChI is InChI=1S/C45H27N3OS/c1-3-12-28(13-4-1)29-22-24-31(25-23-29)44-46-43(30-14-5-2-6-15-30)47-45(48-44)41-33(26-27-38-40(41)36-17-7-9-20-37(36)49-38)35-19-11-18-34-32-16-8-10-21-39(32)50-42(34)35/h1-27H. The molecule has 0 aliphatic heterocycles. The number of thiophene rings is 1. The van der Waals surface area contributed by atoms with Gasteiger partial charge in [-0.3, -0.25) is 0 Å². The fourth-order valence-corrected chi connectivity index (χ4v) is 8.24. The fourth-order valence-electron chi connectivity index (χ4n) is 7.01. The van der Waals surface area contributed by atoms with Gasteiger partial charge in [-0.2, -0.15) is 0 Å². The van der Waals surface area contributed by atoms with Gasteiger partial charge in [0.25, 0.3) is 0 Å². The number of benzene rings is 7. The Kier molecular flexibility index (Phi) is 6.64. The van der Waals surface area contributed by atoms with E-state index in [1.54, 1.807) is 0 Å². The quantitative estimate of drug-likeness (QED) is 0.185. The topological polar surface area (TPSA) is 51.8 Å². The lowest BCUT2D eigenvalue weighted by molar-refractivity contribution is 0.669. The summed E-state index contributed by atoms with van der Waals surface area (Å²) in [4.78, 5) is 15.6. The van der Waals surface area contributed by atoms with E-state index in [2.05, 4.69) is 115 Å². The van der Waals surface area contributed by atoms with Crippen molar-refractivity contribution in [3.8, 4) is 56.4 Å². The SMILES string of the molecule is c1ccc(-c2ccc(-c3nc(-c4ccccc4)nc(-c4c(-c5cccc6c5sc5ccccc56)ccc5oc6ccccc6c45)n3)cc2)cc1. The molecule has 0 bridgehead atoms. The van der Waals surface area contributed by atoms with Crippen molar-refractivity contribution >= 4 is 53.4 Å². The third kappa shape index (κ3) is 4.71. The van der Waals surface area contributed by atoms with Crippen LogP contribution >= 0.6 is 11.3 Å². The smallest absolute Gasteiger partial charge is 0.165 e. The largest absolute Gasteiger partial charge is 0.456 e. The highest BCUT2D eigenvalue weighted by Gasteiger charge is 2.23. The average molecular weight is 658 g/mol. The van der Waals surface area contributed by atoms with Crippen LogP contribution in [0, 0.1) is 0 Å². The summed E-state index contributed by atoms with van der Waals surface area (Å²) in [7, 11) is 0. The van der Waals surface area contributed by atoms with Gasteiger partial charge in [0, 0.05) is 53.2 Å². The second-order valence-electron chi connectivity index (χ2n) is 12.4. The lowest BCUT2D eigenvalue weighted by Crippen LogP contribution is -2.01. The Morgan fingerprint density at radius 2 is 0.960 bits per heavy atom. The predicted molar refractivity (Wildman–Crippen MR) is 207 cm³/mol. The Labute approximate surface area is 292 Å². The fraction of sp³-hybridized carbons (Fsp3) is 0. The number of furan rings is 1. The molecule has 0 atom stereocenters. The Balaban J connectivity index is 1.27. The molecule has 0 N–H and O–H groups in total. The summed E-state index contributed by atoms with van der Waals surface area (Å²) in [6.45, 7) is 0. The van der Waals surface area contributed by atoms with Gasteiger partial charge < -0.3 is 4.42 Å². The first kappa shape index (κ1) is 28.6. The Morgan fingerprint density at radius 3 is 1.74 bits per heavy atom. The molecule has 3 aromatic heterocycles. The van der Waals surface area contributed by atoms with E-state index in [9.17, 15) is 0 Å². The van der Waals surface area contributed by atoms with Gasteiger partial charge in [0.2, 0.25) is 0 Å². The molecular weight excluding hydrogens is 631 g/mol. The summed E-state index contributed by atoms with van der Waals surface area (Å²) in [6.07, 6.45) is 0. The number of hydrogen-bond acceptors (Lipinski definition) is 5. The number of fused-ring (bicyclic) bond motifs is 6. The lowest BCUT2D eigenvalue weighted by atomic mass is 9.93. The molecule has 234 valence electrons. The van der Waals surface area contributed by atoms with E-state index in [-0.39, 0.29) is 0 Å². The van der Waals surface area contributed by atoms with Gasteiger partial charge in [0.15, 0.2) is 17.5 Å². The minimum Gasteiger partial charge on any atom is -0.456 e. The van der Waals surface area contributed by atoms with Crippen molar-refractivity contribution in [2.75, 3.05) is 0 Å². The first-order valence-electron chi connectivity index (χ1n) is 16.6. The van der Waals surface area contributed by atoms with Gasteiger partial charge >= 0.3 is 0 Å². The maximum atomic E-state index is 6.46. The van der Waals surface area contributed by atoms with Crippen molar-refractivity contribution in [2.24, 2.45) is 0 Å². The van der Waals surface area contributed by atoms with Gasteiger partial charge in [-0.25, -0.2) is 15.0 Å². The summed E-state index contributed by atoms with van der Waals surface area (Å²) in [6, 6.07) is 56.7. The van der Waals surface area contributed by atoms with Gasteiger partial charge in [-0.15, -0.1) is 11.3 Å². The van der Waals surface area contributed by atoms with Crippen LogP contribution in [0.1, 0.15) is 0 Å². The molecule has 0 aliphatic rings. The molecule has 0 aliphatic carbocycles. The number of rotatable bonds is 5. The van der Waals surface area contributed by atoms with Crippen LogP contribution in [0.2, 0.25) is 0 Å². The van der Waals surface area contributed by atoms with E-state index in [0.717, 1.165) is 55.3 Å². The maximum absolute atomic E-state index is 6.46. The highest BCUT2D eigenvalue weighted by molar-refractivity contribution is 7.26. The molecule has 5 heteroatoms. The highest BCUT2D eigenvalue weighted by atomic mass is 32.1. The molecule has 7 aromatic carbocycles. The number of aromatic nitrogens is 3. The van der Waals surface area contributed by atoms with Crippen molar-refractivity contribution < 1.29 is 4.42 Å². The zero-order chi connectivity index (χ0) is 33.0. The number of hydrogen-bond donors (Lipinski definition) is 0. The summed E-state index contributed by atoms with van der Waals surface area (Å²) >= 11 is 1.82. The van der Waals surface area contributed by atoms with Gasteiger partial charge in [0.1, 0.15) is 11.2 Å². The molecule has 50 heavy (non-hydrogen) atoms. The van der Waals surface area contributed by atoms with E-state index >= 15 is 0 Å². The van der Waals surface area contributed by atoms with Crippen molar-refractivity contribution in [3.05, 3.63) is 164 Å². The molecule has 0 spiro atoms. The van der Waals surface area contributed by atoms with Crippen molar-refractivity contribution in [1.82, 2.24) is 15.0 Å². The predicted octanol–water partition coefficient (Wildman–Crippen LogP) is 12.5. The van der Waals surface area contributed by atoms with Crippen LogP contribution < -0.4 is 0 Å². The number of nitrogens with zero attached hydrogens (tertiary/aromatic N) is 3. The molecular formula is C45H27N3OS. The van der Waals surface area contributed by atoms with Crippen LogP contribution in [-0.2, 0) is 0 Å². The summed E-state index contributed by atoms with van der Waals surface area (Å²) in [5.41, 5.74) is 8.90. The Bertz CT molecular complexity index is 2860. The van der Waals surface area contributed by atoms with E-state index in [0.29, 0.717) is 17.5 Å².